The Morgan fingerprint density at radius 1 is 1.14 bits per heavy atom. The van der Waals surface area contributed by atoms with Crippen LogP contribution in [-0.4, -0.2) is 29.1 Å². The van der Waals surface area contributed by atoms with Gasteiger partial charge in [0.05, 0.1) is 12.5 Å². The van der Waals surface area contributed by atoms with Crippen molar-refractivity contribution in [1.29, 1.82) is 0 Å². The molecule has 1 aliphatic heterocycles. The largest absolute Gasteiger partial charge is 0.395 e. The van der Waals surface area contributed by atoms with Gasteiger partial charge in [-0.3, -0.25) is 5.43 Å². The third kappa shape index (κ3) is 2.73. The molecule has 1 aliphatic rings. The lowest BCUT2D eigenvalue weighted by Gasteiger charge is -2.28. The van der Waals surface area contributed by atoms with Crippen LogP contribution in [0.15, 0.2) is 65.8 Å². The highest BCUT2D eigenvalue weighted by atomic mass is 32.1. The summed E-state index contributed by atoms with van der Waals surface area (Å²) < 4.78 is 0. The Morgan fingerprint density at radius 3 is 2.36 bits per heavy atom. The summed E-state index contributed by atoms with van der Waals surface area (Å²) in [6, 6.07) is 19.8. The van der Waals surface area contributed by atoms with Crippen LogP contribution in [0, 0.1) is 0 Å². The molecule has 1 heterocycles. The molecule has 112 valence electrons. The zero-order valence-corrected chi connectivity index (χ0v) is 12.8. The summed E-state index contributed by atoms with van der Waals surface area (Å²) >= 11 is 5.12. The molecule has 0 aliphatic carbocycles. The molecule has 0 fully saturated rings. The normalized spacial score (nSPS) is 18.5. The standard InChI is InChI=1S/C17H17N3OS/c21-11-15(13-7-3-1-4-8-13)17-19-18-16(12-22)20(17)14-9-5-2-6-10-14/h1-10,12,15-16,18,21H,11H2. The second-order valence-electron chi connectivity index (χ2n) is 5.03. The lowest BCUT2D eigenvalue weighted by atomic mass is 9.97. The van der Waals surface area contributed by atoms with E-state index in [-0.39, 0.29) is 18.7 Å². The van der Waals surface area contributed by atoms with Gasteiger partial charge in [-0.2, -0.15) is 5.10 Å². The highest BCUT2D eigenvalue weighted by Gasteiger charge is 2.33. The van der Waals surface area contributed by atoms with E-state index < -0.39 is 0 Å². The van der Waals surface area contributed by atoms with Gasteiger partial charge < -0.3 is 10.0 Å². The molecule has 2 atom stereocenters. The maximum absolute atomic E-state index is 9.89. The highest BCUT2D eigenvalue weighted by Crippen LogP contribution is 2.27. The van der Waals surface area contributed by atoms with Crippen LogP contribution in [0.2, 0.25) is 0 Å². The van der Waals surface area contributed by atoms with Crippen molar-refractivity contribution in [3.8, 4) is 0 Å². The topological polar surface area (TPSA) is 47.9 Å². The quantitative estimate of drug-likeness (QED) is 0.833. The molecule has 0 aromatic heterocycles. The third-order valence-corrected chi connectivity index (χ3v) is 3.95. The van der Waals surface area contributed by atoms with Crippen LogP contribution in [0.3, 0.4) is 0 Å². The molecule has 0 saturated carbocycles. The van der Waals surface area contributed by atoms with E-state index in [1.807, 2.05) is 65.6 Å². The average molecular weight is 311 g/mol. The van der Waals surface area contributed by atoms with E-state index in [2.05, 4.69) is 10.5 Å². The molecule has 22 heavy (non-hydrogen) atoms. The van der Waals surface area contributed by atoms with Crippen molar-refractivity contribution in [2.45, 2.75) is 12.1 Å². The van der Waals surface area contributed by atoms with Gasteiger partial charge in [0.25, 0.3) is 0 Å². The van der Waals surface area contributed by atoms with Gasteiger partial charge in [0.1, 0.15) is 12.0 Å². The van der Waals surface area contributed by atoms with E-state index in [0.717, 1.165) is 17.1 Å². The number of rotatable bonds is 5. The fraction of sp³-hybridized carbons (Fsp3) is 0.176. The van der Waals surface area contributed by atoms with Crippen LogP contribution < -0.4 is 10.3 Å². The number of aliphatic hydroxyl groups is 1. The minimum Gasteiger partial charge on any atom is -0.395 e. The highest BCUT2D eigenvalue weighted by molar-refractivity contribution is 7.79. The van der Waals surface area contributed by atoms with Crippen molar-refractivity contribution in [3.05, 3.63) is 66.2 Å². The third-order valence-electron chi connectivity index (χ3n) is 3.70. The van der Waals surface area contributed by atoms with Crippen molar-refractivity contribution < 1.29 is 5.11 Å². The fourth-order valence-electron chi connectivity index (χ4n) is 2.63. The van der Waals surface area contributed by atoms with Crippen molar-refractivity contribution in [1.82, 2.24) is 5.43 Å². The molecule has 0 amide bonds. The van der Waals surface area contributed by atoms with Crippen LogP contribution in [0.5, 0.6) is 0 Å². The Morgan fingerprint density at radius 2 is 1.77 bits per heavy atom. The summed E-state index contributed by atoms with van der Waals surface area (Å²) in [5.41, 5.74) is 5.05. The van der Waals surface area contributed by atoms with Gasteiger partial charge in [0.2, 0.25) is 0 Å². The molecule has 4 nitrogen and oxygen atoms in total. The first kappa shape index (κ1) is 14.7. The molecular formula is C17H17N3OS. The Hall–Kier alpha value is -2.24. The van der Waals surface area contributed by atoms with Crippen molar-refractivity contribution in [3.63, 3.8) is 0 Å². The molecule has 2 unspecified atom stereocenters. The van der Waals surface area contributed by atoms with E-state index in [9.17, 15) is 5.11 Å². The maximum Gasteiger partial charge on any atom is 0.150 e. The first-order valence-electron chi connectivity index (χ1n) is 7.13. The molecule has 0 radical (unpaired) electrons. The number of hydrogen-bond acceptors (Lipinski definition) is 5. The number of amidine groups is 1. The summed E-state index contributed by atoms with van der Waals surface area (Å²) in [5, 5.41) is 16.0. The van der Waals surface area contributed by atoms with Gasteiger partial charge >= 0.3 is 0 Å². The van der Waals surface area contributed by atoms with E-state index >= 15 is 0 Å². The van der Waals surface area contributed by atoms with Crippen LogP contribution in [0.4, 0.5) is 5.69 Å². The van der Waals surface area contributed by atoms with Crippen molar-refractivity contribution in [2.75, 3.05) is 11.5 Å². The van der Waals surface area contributed by atoms with Crippen LogP contribution in [0.25, 0.3) is 0 Å². The summed E-state index contributed by atoms with van der Waals surface area (Å²) in [4.78, 5) is 2.03. The lowest BCUT2D eigenvalue weighted by molar-refractivity contribution is 0.289. The Balaban J connectivity index is 1.99. The average Bonchev–Trinajstić information content (AvgIpc) is 3.01. The first-order chi connectivity index (χ1) is 10.8. The van der Waals surface area contributed by atoms with E-state index in [1.54, 1.807) is 5.37 Å². The van der Waals surface area contributed by atoms with Gasteiger partial charge in [0, 0.05) is 11.1 Å². The number of para-hydroxylation sites is 1. The van der Waals surface area contributed by atoms with E-state index in [0.29, 0.717) is 0 Å². The first-order valence-corrected chi connectivity index (χ1v) is 7.60. The van der Waals surface area contributed by atoms with Crippen LogP contribution >= 0.6 is 12.2 Å². The molecule has 0 spiro atoms. The fourth-order valence-corrected chi connectivity index (χ4v) is 2.81. The molecule has 0 bridgehead atoms. The number of aliphatic hydroxyl groups excluding tert-OH is 1. The predicted octanol–water partition coefficient (Wildman–Crippen LogP) is 2.51. The number of benzene rings is 2. The zero-order chi connectivity index (χ0) is 15.4. The Bertz CT molecular complexity index is 660. The molecule has 0 saturated heterocycles. The zero-order valence-electron chi connectivity index (χ0n) is 12.0. The summed E-state index contributed by atoms with van der Waals surface area (Å²) in [7, 11) is 0. The smallest absolute Gasteiger partial charge is 0.150 e. The SMILES string of the molecule is OCC(C1=NNC(C=S)N1c1ccccc1)c1ccccc1. The molecule has 2 aromatic rings. The number of nitrogens with zero attached hydrogens (tertiary/aromatic N) is 2. The van der Waals surface area contributed by atoms with Gasteiger partial charge in [-0.1, -0.05) is 60.7 Å². The second kappa shape index (κ2) is 6.68. The van der Waals surface area contributed by atoms with E-state index in [1.165, 1.54) is 0 Å². The monoisotopic (exact) mass is 311 g/mol. The molecular weight excluding hydrogens is 294 g/mol. The summed E-state index contributed by atoms with van der Waals surface area (Å²) in [6.45, 7) is -0.0159. The minimum absolute atomic E-state index is 0.0159. The lowest BCUT2D eigenvalue weighted by Crippen LogP contribution is -2.43. The van der Waals surface area contributed by atoms with Crippen molar-refractivity contribution in [2.24, 2.45) is 5.10 Å². The number of nitrogens with one attached hydrogen (secondary N) is 1. The number of hydrazone groups is 1. The van der Waals surface area contributed by atoms with Crippen LogP contribution in [-0.2, 0) is 0 Å². The number of anilines is 1. The van der Waals surface area contributed by atoms with E-state index in [4.69, 9.17) is 12.2 Å². The van der Waals surface area contributed by atoms with Crippen molar-refractivity contribution >= 4 is 29.1 Å². The minimum atomic E-state index is -0.200. The number of thiocarbonyl (C=S) groups is 1. The summed E-state index contributed by atoms with van der Waals surface area (Å²) in [6.07, 6.45) is -0.190. The van der Waals surface area contributed by atoms with Crippen LogP contribution in [0.1, 0.15) is 11.5 Å². The second-order valence-corrected chi connectivity index (χ2v) is 5.30. The van der Waals surface area contributed by atoms with Gasteiger partial charge in [-0.25, -0.2) is 0 Å². The Kier molecular flexibility index (Phi) is 4.46. The van der Waals surface area contributed by atoms with Gasteiger partial charge in [0.15, 0.2) is 0 Å². The van der Waals surface area contributed by atoms with Gasteiger partial charge in [-0.05, 0) is 17.7 Å². The maximum atomic E-state index is 9.89. The molecule has 2 N–H and O–H groups in total. The molecule has 5 heteroatoms. The summed E-state index contributed by atoms with van der Waals surface area (Å²) in [5.74, 6) is 0.569. The van der Waals surface area contributed by atoms with Gasteiger partial charge in [-0.15, -0.1) is 0 Å². The Labute approximate surface area is 135 Å². The molecule has 2 aromatic carbocycles. The predicted molar refractivity (Wildman–Crippen MR) is 93.2 cm³/mol. The molecule has 3 rings (SSSR count). The number of hydrogen-bond donors (Lipinski definition) is 2.